The van der Waals surface area contributed by atoms with Crippen LogP contribution in [0.1, 0.15) is 22.8 Å². The lowest BCUT2D eigenvalue weighted by molar-refractivity contribution is -0.385. The Kier molecular flexibility index (Phi) is 5.73. The monoisotopic (exact) mass is 331 g/mol. The van der Waals surface area contributed by atoms with Crippen LogP contribution in [-0.4, -0.2) is 24.6 Å². The van der Waals surface area contributed by atoms with Gasteiger partial charge in [-0.2, -0.15) is 0 Å². The molecule has 0 amide bonds. The summed E-state index contributed by atoms with van der Waals surface area (Å²) < 4.78 is 15.7. The van der Waals surface area contributed by atoms with E-state index in [1.807, 2.05) is 6.92 Å². The van der Waals surface area contributed by atoms with Crippen LogP contribution in [0.4, 0.5) is 5.69 Å². The summed E-state index contributed by atoms with van der Waals surface area (Å²) >= 11 is 0. The summed E-state index contributed by atoms with van der Waals surface area (Å²) in [5.74, 6) is 0.335. The van der Waals surface area contributed by atoms with Gasteiger partial charge in [0.2, 0.25) is 0 Å². The van der Waals surface area contributed by atoms with Crippen LogP contribution in [0.5, 0.6) is 11.5 Å². The second-order valence-corrected chi connectivity index (χ2v) is 4.76. The number of hydrogen-bond acceptors (Lipinski definition) is 6. The molecule has 0 heterocycles. The van der Waals surface area contributed by atoms with Gasteiger partial charge in [-0.05, 0) is 31.2 Å². The van der Waals surface area contributed by atoms with Crippen LogP contribution >= 0.6 is 0 Å². The zero-order chi connectivity index (χ0) is 17.5. The molecule has 2 aromatic carbocycles. The molecule has 0 bridgehead atoms. The zero-order valence-electron chi connectivity index (χ0n) is 13.4. The number of hydrogen-bond donors (Lipinski definition) is 0. The molecule has 2 rings (SSSR count). The second kappa shape index (κ2) is 7.96. The van der Waals surface area contributed by atoms with Crippen LogP contribution in [0.3, 0.4) is 0 Å². The average molecular weight is 331 g/mol. The minimum Gasteiger partial charge on any atom is -0.493 e. The molecule has 0 unspecified atom stereocenters. The molecule has 7 nitrogen and oxygen atoms in total. The Labute approximate surface area is 138 Å². The topological polar surface area (TPSA) is 87.9 Å². The van der Waals surface area contributed by atoms with Gasteiger partial charge < -0.3 is 14.2 Å². The molecule has 7 heteroatoms. The molecule has 0 aliphatic rings. The Balaban J connectivity index is 2.12. The van der Waals surface area contributed by atoms with E-state index in [1.165, 1.54) is 19.2 Å². The molecule has 0 aliphatic carbocycles. The number of ether oxygens (including phenoxy) is 3. The van der Waals surface area contributed by atoms with E-state index in [0.29, 0.717) is 23.7 Å². The number of rotatable bonds is 7. The normalized spacial score (nSPS) is 10.1. The fourth-order valence-electron chi connectivity index (χ4n) is 2.11. The standard InChI is InChI=1S/C17H17NO6/c1-3-23-15-9-8-12(10-16(15)22-2)17(19)24-11-13-6-4-5-7-14(13)18(20)21/h4-10H,3,11H2,1-2H3. The molecule has 0 fully saturated rings. The highest BCUT2D eigenvalue weighted by molar-refractivity contribution is 5.90. The maximum Gasteiger partial charge on any atom is 0.338 e. The van der Waals surface area contributed by atoms with Crippen LogP contribution in [0, 0.1) is 10.1 Å². The third kappa shape index (κ3) is 4.01. The van der Waals surface area contributed by atoms with E-state index < -0.39 is 10.9 Å². The number of nitro groups is 1. The highest BCUT2D eigenvalue weighted by Gasteiger charge is 2.16. The number of methoxy groups -OCH3 is 1. The Morgan fingerprint density at radius 2 is 1.92 bits per heavy atom. The van der Waals surface area contributed by atoms with Gasteiger partial charge in [0.15, 0.2) is 11.5 Å². The van der Waals surface area contributed by atoms with Gasteiger partial charge in [0.1, 0.15) is 6.61 Å². The quantitative estimate of drug-likeness (QED) is 0.439. The summed E-state index contributed by atoms with van der Waals surface area (Å²) in [5.41, 5.74) is 0.511. The van der Waals surface area contributed by atoms with Crippen molar-refractivity contribution in [2.24, 2.45) is 0 Å². The molecule has 0 radical (unpaired) electrons. The number of carbonyl (C=O) groups excluding carboxylic acids is 1. The molecule has 2 aromatic rings. The van der Waals surface area contributed by atoms with Crippen LogP contribution in [-0.2, 0) is 11.3 Å². The third-order valence-corrected chi connectivity index (χ3v) is 3.25. The molecule has 0 atom stereocenters. The van der Waals surface area contributed by atoms with Crippen molar-refractivity contribution in [1.82, 2.24) is 0 Å². The van der Waals surface area contributed by atoms with Gasteiger partial charge in [0.25, 0.3) is 5.69 Å². The maximum absolute atomic E-state index is 12.1. The van der Waals surface area contributed by atoms with E-state index >= 15 is 0 Å². The largest absolute Gasteiger partial charge is 0.493 e. The van der Waals surface area contributed by atoms with Gasteiger partial charge in [0, 0.05) is 6.07 Å². The summed E-state index contributed by atoms with van der Waals surface area (Å²) in [5, 5.41) is 11.0. The molecule has 24 heavy (non-hydrogen) atoms. The SMILES string of the molecule is CCOc1ccc(C(=O)OCc2ccccc2[N+](=O)[O-])cc1OC. The van der Waals surface area contributed by atoms with Crippen LogP contribution < -0.4 is 9.47 Å². The lowest BCUT2D eigenvalue weighted by atomic mass is 10.2. The molecule has 0 aromatic heterocycles. The van der Waals surface area contributed by atoms with Gasteiger partial charge >= 0.3 is 5.97 Å². The van der Waals surface area contributed by atoms with E-state index in [9.17, 15) is 14.9 Å². The molecule has 0 saturated carbocycles. The fraction of sp³-hybridized carbons (Fsp3) is 0.235. The molecule has 126 valence electrons. The van der Waals surface area contributed by atoms with Crippen molar-refractivity contribution >= 4 is 11.7 Å². The van der Waals surface area contributed by atoms with E-state index in [4.69, 9.17) is 14.2 Å². The van der Waals surface area contributed by atoms with Crippen LogP contribution in [0.15, 0.2) is 42.5 Å². The minimum absolute atomic E-state index is 0.0884. The van der Waals surface area contributed by atoms with Crippen molar-refractivity contribution in [1.29, 1.82) is 0 Å². The Morgan fingerprint density at radius 1 is 1.17 bits per heavy atom. The van der Waals surface area contributed by atoms with Gasteiger partial charge in [-0.1, -0.05) is 12.1 Å². The Morgan fingerprint density at radius 3 is 2.58 bits per heavy atom. The smallest absolute Gasteiger partial charge is 0.338 e. The Bertz CT molecular complexity index is 744. The number of nitrogens with zero attached hydrogens (tertiary/aromatic N) is 1. The second-order valence-electron chi connectivity index (χ2n) is 4.76. The molecular weight excluding hydrogens is 314 g/mol. The fourth-order valence-corrected chi connectivity index (χ4v) is 2.11. The van der Waals surface area contributed by atoms with E-state index in [2.05, 4.69) is 0 Å². The number of benzene rings is 2. The first-order valence-corrected chi connectivity index (χ1v) is 7.27. The van der Waals surface area contributed by atoms with Gasteiger partial charge in [-0.3, -0.25) is 10.1 Å². The lowest BCUT2D eigenvalue weighted by Crippen LogP contribution is -2.07. The summed E-state index contributed by atoms with van der Waals surface area (Å²) in [7, 11) is 1.47. The summed E-state index contributed by atoms with van der Waals surface area (Å²) in [6.07, 6.45) is 0. The van der Waals surface area contributed by atoms with Gasteiger partial charge in [-0.15, -0.1) is 0 Å². The molecule has 0 spiro atoms. The zero-order valence-corrected chi connectivity index (χ0v) is 13.4. The Hall–Kier alpha value is -3.09. The van der Waals surface area contributed by atoms with Crippen molar-refractivity contribution in [3.63, 3.8) is 0 Å². The van der Waals surface area contributed by atoms with Crippen molar-refractivity contribution in [3.8, 4) is 11.5 Å². The summed E-state index contributed by atoms with van der Waals surface area (Å²) in [4.78, 5) is 22.6. The van der Waals surface area contributed by atoms with Gasteiger partial charge in [-0.25, -0.2) is 4.79 Å². The number of nitro benzene ring substituents is 1. The number of carbonyl (C=O) groups is 1. The molecule has 0 N–H and O–H groups in total. The van der Waals surface area contributed by atoms with Crippen LogP contribution in [0.2, 0.25) is 0 Å². The van der Waals surface area contributed by atoms with Crippen molar-refractivity contribution in [2.75, 3.05) is 13.7 Å². The third-order valence-electron chi connectivity index (χ3n) is 3.25. The van der Waals surface area contributed by atoms with Crippen LogP contribution in [0.25, 0.3) is 0 Å². The predicted molar refractivity (Wildman–Crippen MR) is 86.4 cm³/mol. The van der Waals surface area contributed by atoms with Crippen molar-refractivity contribution in [2.45, 2.75) is 13.5 Å². The summed E-state index contributed by atoms with van der Waals surface area (Å²) in [6.45, 7) is 2.12. The van der Waals surface area contributed by atoms with E-state index in [-0.39, 0.29) is 17.9 Å². The highest BCUT2D eigenvalue weighted by atomic mass is 16.6. The first-order chi connectivity index (χ1) is 11.6. The predicted octanol–water partition coefficient (Wildman–Crippen LogP) is 3.36. The average Bonchev–Trinajstić information content (AvgIpc) is 2.60. The molecule has 0 aliphatic heterocycles. The number of para-hydroxylation sites is 1. The van der Waals surface area contributed by atoms with Crippen molar-refractivity contribution < 1.29 is 23.9 Å². The maximum atomic E-state index is 12.1. The molecule has 0 saturated heterocycles. The lowest BCUT2D eigenvalue weighted by Gasteiger charge is -2.11. The van der Waals surface area contributed by atoms with Gasteiger partial charge in [0.05, 0.1) is 29.8 Å². The first-order valence-electron chi connectivity index (χ1n) is 7.27. The molecular formula is C17H17NO6. The number of esters is 1. The first kappa shape index (κ1) is 17.3. The van der Waals surface area contributed by atoms with E-state index in [0.717, 1.165) is 0 Å². The minimum atomic E-state index is -0.602. The van der Waals surface area contributed by atoms with Crippen molar-refractivity contribution in [3.05, 3.63) is 63.7 Å². The highest BCUT2D eigenvalue weighted by Crippen LogP contribution is 2.28. The summed E-state index contributed by atoms with van der Waals surface area (Å²) in [6, 6.07) is 10.8. The van der Waals surface area contributed by atoms with E-state index in [1.54, 1.807) is 30.3 Å².